The molecule has 1 N–H and O–H groups in total. The zero-order valence-electron chi connectivity index (χ0n) is 18.5. The van der Waals surface area contributed by atoms with Crippen molar-refractivity contribution in [1.29, 1.82) is 0 Å². The number of aryl methyl sites for hydroxylation is 1. The minimum atomic E-state index is -0.703. The van der Waals surface area contributed by atoms with Crippen LogP contribution in [0.15, 0.2) is 84.9 Å². The Labute approximate surface area is 195 Å². The molecule has 5 rings (SSSR count). The van der Waals surface area contributed by atoms with Crippen LogP contribution >= 0.6 is 0 Å². The number of benzene rings is 3. The molecule has 34 heavy (non-hydrogen) atoms. The Bertz CT molecular complexity index is 1440. The lowest BCUT2D eigenvalue weighted by atomic mass is 10.1. The lowest BCUT2D eigenvalue weighted by Gasteiger charge is -2.12. The summed E-state index contributed by atoms with van der Waals surface area (Å²) in [5.41, 5.74) is 3.44. The summed E-state index contributed by atoms with van der Waals surface area (Å²) in [6.07, 6.45) is 0. The number of halogens is 1. The molecular formula is C27H22FN3O3. The fourth-order valence-electron chi connectivity index (χ4n) is 3.78. The molecule has 0 aliphatic heterocycles. The zero-order chi connectivity index (χ0) is 23.5. The molecule has 0 amide bonds. The lowest BCUT2D eigenvalue weighted by molar-refractivity contribution is 0.268. The van der Waals surface area contributed by atoms with Crippen LogP contribution in [-0.4, -0.2) is 19.9 Å². The molecule has 0 aliphatic carbocycles. The average Bonchev–Trinajstić information content (AvgIpc) is 3.21. The Morgan fingerprint density at radius 1 is 0.824 bits per heavy atom. The van der Waals surface area contributed by atoms with Gasteiger partial charge in [-0.15, -0.1) is 0 Å². The summed E-state index contributed by atoms with van der Waals surface area (Å²) in [7, 11) is 1.65. The summed E-state index contributed by atoms with van der Waals surface area (Å²) in [6.45, 7) is 0.665. The number of aromatic hydroxyl groups is 1. The van der Waals surface area contributed by atoms with Gasteiger partial charge < -0.3 is 14.6 Å². The van der Waals surface area contributed by atoms with Gasteiger partial charge in [-0.25, -0.2) is 4.39 Å². The number of nitrogens with zero attached hydrogens (tertiary/aromatic N) is 3. The van der Waals surface area contributed by atoms with E-state index >= 15 is 0 Å². The maximum absolute atomic E-state index is 14.0. The van der Waals surface area contributed by atoms with Crippen molar-refractivity contribution in [2.75, 3.05) is 0 Å². The van der Waals surface area contributed by atoms with Crippen molar-refractivity contribution in [3.8, 4) is 28.8 Å². The second-order valence-corrected chi connectivity index (χ2v) is 7.82. The summed E-state index contributed by atoms with van der Waals surface area (Å²) in [4.78, 5) is 4.60. The zero-order valence-corrected chi connectivity index (χ0v) is 18.5. The van der Waals surface area contributed by atoms with Crippen molar-refractivity contribution < 1.29 is 19.0 Å². The van der Waals surface area contributed by atoms with Crippen molar-refractivity contribution in [3.05, 3.63) is 102 Å². The third kappa shape index (κ3) is 4.28. The topological polar surface area (TPSA) is 69.4 Å². The predicted molar refractivity (Wildman–Crippen MR) is 127 cm³/mol. The van der Waals surface area contributed by atoms with E-state index in [1.807, 2.05) is 66.7 Å². The molecule has 5 aromatic rings. The summed E-state index contributed by atoms with van der Waals surface area (Å²) in [5, 5.41) is 15.4. The van der Waals surface area contributed by atoms with Gasteiger partial charge in [0.1, 0.15) is 24.4 Å². The van der Waals surface area contributed by atoms with E-state index in [0.717, 1.165) is 11.1 Å². The molecule has 0 saturated heterocycles. The molecule has 0 spiro atoms. The molecule has 0 radical (unpaired) electrons. The molecule has 7 heteroatoms. The van der Waals surface area contributed by atoms with Crippen LogP contribution in [0.3, 0.4) is 0 Å². The maximum atomic E-state index is 14.0. The smallest absolute Gasteiger partial charge is 0.226 e. The number of phenols is 1. The number of aromatic nitrogens is 3. The first-order chi connectivity index (χ1) is 16.6. The van der Waals surface area contributed by atoms with Gasteiger partial charge in [-0.05, 0) is 29.3 Å². The molecule has 6 nitrogen and oxygen atoms in total. The van der Waals surface area contributed by atoms with Crippen LogP contribution in [-0.2, 0) is 20.3 Å². The van der Waals surface area contributed by atoms with Gasteiger partial charge in [0.2, 0.25) is 11.8 Å². The van der Waals surface area contributed by atoms with Crippen molar-refractivity contribution in [2.45, 2.75) is 13.2 Å². The monoisotopic (exact) mass is 455 g/mol. The highest BCUT2D eigenvalue weighted by molar-refractivity contribution is 5.97. The van der Waals surface area contributed by atoms with Gasteiger partial charge in [-0.2, -0.15) is 10.1 Å². The van der Waals surface area contributed by atoms with E-state index in [1.54, 1.807) is 19.2 Å². The van der Waals surface area contributed by atoms with Crippen molar-refractivity contribution in [1.82, 2.24) is 14.8 Å². The molecule has 0 aliphatic rings. The van der Waals surface area contributed by atoms with Gasteiger partial charge in [-0.1, -0.05) is 60.7 Å². The van der Waals surface area contributed by atoms with Gasteiger partial charge in [0, 0.05) is 18.5 Å². The number of phenolic OH excluding ortho intramolecular Hbond substituents is 1. The number of rotatable bonds is 7. The van der Waals surface area contributed by atoms with Crippen LogP contribution in [0, 0.1) is 5.82 Å². The van der Waals surface area contributed by atoms with Gasteiger partial charge in [-0.3, -0.25) is 4.68 Å². The highest BCUT2D eigenvalue weighted by Crippen LogP contribution is 2.38. The highest BCUT2D eigenvalue weighted by Gasteiger charge is 2.20. The summed E-state index contributed by atoms with van der Waals surface area (Å²) >= 11 is 0. The van der Waals surface area contributed by atoms with Crippen LogP contribution in [0.1, 0.15) is 11.1 Å². The number of pyridine rings is 1. The van der Waals surface area contributed by atoms with Crippen LogP contribution in [0.5, 0.6) is 17.5 Å². The van der Waals surface area contributed by atoms with E-state index < -0.39 is 11.6 Å². The molecule has 3 aromatic carbocycles. The largest absolute Gasteiger partial charge is 0.503 e. The maximum Gasteiger partial charge on any atom is 0.226 e. The quantitative estimate of drug-likeness (QED) is 0.344. The standard InChI is InChI=1S/C27H22FN3O3/c1-31-25-20(12-14-22(28)26(25)32)24(30-31)21-13-15-23(33-16-18-8-4-2-5-9-18)29-27(21)34-17-19-10-6-3-7-11-19/h2-15,32H,16-17H2,1H3. The third-order valence-corrected chi connectivity index (χ3v) is 5.47. The van der Waals surface area contributed by atoms with Crippen molar-refractivity contribution in [2.24, 2.45) is 7.05 Å². The summed E-state index contributed by atoms with van der Waals surface area (Å²) in [5.74, 6) is -0.408. The number of fused-ring (bicyclic) bond motifs is 1. The fourth-order valence-corrected chi connectivity index (χ4v) is 3.78. The predicted octanol–water partition coefficient (Wildman–Crippen LogP) is 5.64. The van der Waals surface area contributed by atoms with E-state index in [4.69, 9.17) is 9.47 Å². The SMILES string of the molecule is Cn1nc(-c2ccc(OCc3ccccc3)nc2OCc2ccccc2)c2ccc(F)c(O)c21. The van der Waals surface area contributed by atoms with Gasteiger partial charge in [0.15, 0.2) is 11.6 Å². The van der Waals surface area contributed by atoms with E-state index in [1.165, 1.54) is 10.7 Å². The van der Waals surface area contributed by atoms with Crippen LogP contribution in [0.4, 0.5) is 4.39 Å². The first kappa shape index (κ1) is 21.5. The lowest BCUT2D eigenvalue weighted by Crippen LogP contribution is -2.02. The molecule has 0 bridgehead atoms. The second-order valence-electron chi connectivity index (χ2n) is 7.82. The first-order valence-corrected chi connectivity index (χ1v) is 10.8. The summed E-state index contributed by atoms with van der Waals surface area (Å²) in [6, 6.07) is 25.9. The van der Waals surface area contributed by atoms with E-state index in [9.17, 15) is 9.50 Å². The van der Waals surface area contributed by atoms with E-state index in [2.05, 4.69) is 10.1 Å². The van der Waals surface area contributed by atoms with Gasteiger partial charge in [0.25, 0.3) is 0 Å². The van der Waals surface area contributed by atoms with E-state index in [-0.39, 0.29) is 0 Å². The average molecular weight is 455 g/mol. The molecule has 2 aromatic heterocycles. The minimum Gasteiger partial charge on any atom is -0.503 e. The first-order valence-electron chi connectivity index (χ1n) is 10.8. The second kappa shape index (κ2) is 9.23. The molecule has 170 valence electrons. The third-order valence-electron chi connectivity index (χ3n) is 5.47. The number of ether oxygens (including phenoxy) is 2. The Balaban J connectivity index is 1.53. The molecule has 0 atom stereocenters. The normalized spacial score (nSPS) is 11.0. The van der Waals surface area contributed by atoms with Crippen LogP contribution in [0.2, 0.25) is 0 Å². The molecule has 0 unspecified atom stereocenters. The van der Waals surface area contributed by atoms with Gasteiger partial charge >= 0.3 is 0 Å². The summed E-state index contributed by atoms with van der Waals surface area (Å²) < 4.78 is 27.4. The number of hydrogen-bond acceptors (Lipinski definition) is 5. The highest BCUT2D eigenvalue weighted by atomic mass is 19.1. The Morgan fingerprint density at radius 3 is 2.15 bits per heavy atom. The van der Waals surface area contributed by atoms with Crippen molar-refractivity contribution >= 4 is 10.9 Å². The number of hydrogen-bond donors (Lipinski definition) is 1. The Hall–Kier alpha value is -4.39. The van der Waals surface area contributed by atoms with Gasteiger partial charge in [0.05, 0.1) is 5.56 Å². The molecule has 2 heterocycles. The minimum absolute atomic E-state index is 0.299. The Kier molecular flexibility index (Phi) is 5.82. The molecule has 0 saturated carbocycles. The molecular weight excluding hydrogens is 433 g/mol. The Morgan fingerprint density at radius 2 is 1.47 bits per heavy atom. The van der Waals surface area contributed by atoms with Crippen molar-refractivity contribution in [3.63, 3.8) is 0 Å². The fraction of sp³-hybridized carbons (Fsp3) is 0.111. The molecule has 0 fully saturated rings. The van der Waals surface area contributed by atoms with E-state index in [0.29, 0.717) is 47.1 Å². The van der Waals surface area contributed by atoms with Crippen LogP contribution in [0.25, 0.3) is 22.2 Å². The van der Waals surface area contributed by atoms with Crippen LogP contribution < -0.4 is 9.47 Å².